The van der Waals surface area contributed by atoms with E-state index in [2.05, 4.69) is 20.5 Å². The molecule has 0 radical (unpaired) electrons. The molecule has 0 aliphatic heterocycles. The number of aromatic amines is 1. The number of anilines is 1. The van der Waals surface area contributed by atoms with Crippen LogP contribution in [0.4, 0.5) is 23.2 Å². The van der Waals surface area contributed by atoms with Gasteiger partial charge in [-0.15, -0.1) is 0 Å². The molecular formula is C23H22ClF4N5O2. The standard InChI is InChI=1S/C23H22ClF4N5O2/c1-33-10-29-19(20(33)21(34)30-14-2-3-16(25)15(24)6-14)11-4-12-8-22(35,9-13(12)5-11)17-7-18(32-31-17)23(26,27)28/h2-3,6-7,10-13,35H,4-5,8-9H2,1H3,(H,30,34)(H,31,32). The van der Waals surface area contributed by atoms with Crippen LogP contribution >= 0.6 is 11.6 Å². The van der Waals surface area contributed by atoms with Gasteiger partial charge >= 0.3 is 6.18 Å². The molecule has 35 heavy (non-hydrogen) atoms. The Bertz CT molecular complexity index is 1270. The van der Waals surface area contributed by atoms with Crippen molar-refractivity contribution in [2.45, 2.75) is 43.4 Å². The molecule has 2 saturated carbocycles. The van der Waals surface area contributed by atoms with Gasteiger partial charge in [0.1, 0.15) is 17.1 Å². The van der Waals surface area contributed by atoms with Gasteiger partial charge in [-0.3, -0.25) is 9.89 Å². The van der Waals surface area contributed by atoms with E-state index in [1.54, 1.807) is 17.9 Å². The number of rotatable bonds is 4. The summed E-state index contributed by atoms with van der Waals surface area (Å²) in [6.45, 7) is 0. The number of aromatic nitrogens is 4. The van der Waals surface area contributed by atoms with Crippen LogP contribution in [-0.2, 0) is 18.8 Å². The Kier molecular flexibility index (Phi) is 5.67. The van der Waals surface area contributed by atoms with E-state index in [1.165, 1.54) is 18.2 Å². The van der Waals surface area contributed by atoms with E-state index < -0.39 is 29.2 Å². The minimum Gasteiger partial charge on any atom is -0.384 e. The molecule has 12 heteroatoms. The zero-order valence-electron chi connectivity index (χ0n) is 18.5. The van der Waals surface area contributed by atoms with Crippen molar-refractivity contribution in [1.29, 1.82) is 0 Å². The maximum atomic E-state index is 13.4. The number of imidazole rings is 1. The summed E-state index contributed by atoms with van der Waals surface area (Å²) in [5, 5.41) is 19.4. The van der Waals surface area contributed by atoms with Crippen LogP contribution in [0.2, 0.25) is 5.02 Å². The summed E-state index contributed by atoms with van der Waals surface area (Å²) in [6.07, 6.45) is -1.14. The van der Waals surface area contributed by atoms with E-state index in [0.717, 1.165) is 6.07 Å². The number of hydrogen-bond donors (Lipinski definition) is 3. The number of nitrogens with one attached hydrogen (secondary N) is 2. The van der Waals surface area contributed by atoms with Crippen molar-refractivity contribution >= 4 is 23.2 Å². The van der Waals surface area contributed by atoms with E-state index in [1.807, 2.05) is 0 Å². The number of nitrogens with zero attached hydrogens (tertiary/aromatic N) is 3. The van der Waals surface area contributed by atoms with Crippen LogP contribution in [0.15, 0.2) is 30.6 Å². The third-order valence-electron chi connectivity index (χ3n) is 7.16. The molecule has 1 amide bonds. The SMILES string of the molecule is Cn1cnc(C2CC3CC(O)(c4cc(C(F)(F)F)n[nH]4)CC3C2)c1C(=O)Nc1ccc(F)c(Cl)c1. The molecule has 2 fully saturated rings. The predicted molar refractivity (Wildman–Crippen MR) is 118 cm³/mol. The maximum absolute atomic E-state index is 13.4. The van der Waals surface area contributed by atoms with Crippen LogP contribution in [-0.4, -0.2) is 30.8 Å². The normalized spacial score (nSPS) is 26.2. The molecule has 186 valence electrons. The number of amides is 1. The summed E-state index contributed by atoms with van der Waals surface area (Å²) in [4.78, 5) is 17.5. The van der Waals surface area contributed by atoms with Crippen molar-refractivity contribution < 1.29 is 27.5 Å². The summed E-state index contributed by atoms with van der Waals surface area (Å²) in [5.41, 5.74) is -1.04. The monoisotopic (exact) mass is 511 g/mol. The second-order valence-corrected chi connectivity index (χ2v) is 9.87. The summed E-state index contributed by atoms with van der Waals surface area (Å²) >= 11 is 5.81. The van der Waals surface area contributed by atoms with Crippen LogP contribution in [0.5, 0.6) is 0 Å². The fourth-order valence-corrected chi connectivity index (χ4v) is 5.78. The summed E-state index contributed by atoms with van der Waals surface area (Å²) < 4.78 is 53.9. The van der Waals surface area contributed by atoms with Crippen LogP contribution in [0.3, 0.4) is 0 Å². The van der Waals surface area contributed by atoms with Gasteiger partial charge in [-0.05, 0) is 61.8 Å². The Morgan fingerprint density at radius 1 is 1.26 bits per heavy atom. The topological polar surface area (TPSA) is 95.8 Å². The third kappa shape index (κ3) is 4.31. The Morgan fingerprint density at radius 2 is 1.94 bits per heavy atom. The highest BCUT2D eigenvalue weighted by Crippen LogP contribution is 2.56. The van der Waals surface area contributed by atoms with E-state index >= 15 is 0 Å². The summed E-state index contributed by atoms with van der Waals surface area (Å²) in [7, 11) is 1.70. The minimum atomic E-state index is -4.58. The zero-order chi connectivity index (χ0) is 25.1. The van der Waals surface area contributed by atoms with E-state index in [0.29, 0.717) is 42.8 Å². The Labute approximate surface area is 202 Å². The molecule has 3 aromatic rings. The average Bonchev–Trinajstić information content (AvgIpc) is 3.52. The van der Waals surface area contributed by atoms with Gasteiger partial charge in [-0.25, -0.2) is 9.37 Å². The molecule has 0 bridgehead atoms. The molecule has 0 saturated heterocycles. The van der Waals surface area contributed by atoms with Gasteiger partial charge < -0.3 is 15.0 Å². The number of aryl methyl sites for hydroxylation is 1. The first kappa shape index (κ1) is 23.8. The van der Waals surface area contributed by atoms with Crippen molar-refractivity contribution in [1.82, 2.24) is 19.7 Å². The number of fused-ring (bicyclic) bond motifs is 1. The Balaban J connectivity index is 1.31. The molecule has 1 aromatic carbocycles. The van der Waals surface area contributed by atoms with Gasteiger partial charge in [0.25, 0.3) is 5.91 Å². The first-order chi connectivity index (χ1) is 16.4. The van der Waals surface area contributed by atoms with Crippen LogP contribution in [0.25, 0.3) is 0 Å². The van der Waals surface area contributed by atoms with Gasteiger partial charge in [-0.1, -0.05) is 11.6 Å². The lowest BCUT2D eigenvalue weighted by molar-refractivity contribution is -0.141. The average molecular weight is 512 g/mol. The van der Waals surface area contributed by atoms with Crippen molar-refractivity contribution in [3.8, 4) is 0 Å². The lowest BCUT2D eigenvalue weighted by Crippen LogP contribution is -2.24. The molecule has 0 spiro atoms. The number of carbonyl (C=O) groups is 1. The fourth-order valence-electron chi connectivity index (χ4n) is 5.60. The van der Waals surface area contributed by atoms with Crippen molar-refractivity contribution in [2.75, 3.05) is 5.32 Å². The second kappa shape index (κ2) is 8.34. The van der Waals surface area contributed by atoms with Gasteiger partial charge in [0, 0.05) is 18.7 Å². The molecular weight excluding hydrogens is 490 g/mol. The number of halogens is 5. The number of benzene rings is 1. The number of hydrogen-bond acceptors (Lipinski definition) is 4. The summed E-state index contributed by atoms with van der Waals surface area (Å²) in [6, 6.07) is 4.78. The van der Waals surface area contributed by atoms with E-state index in [9.17, 15) is 27.5 Å². The van der Waals surface area contributed by atoms with Crippen LogP contribution in [0, 0.1) is 17.7 Å². The molecule has 2 heterocycles. The van der Waals surface area contributed by atoms with E-state index in [4.69, 9.17) is 11.6 Å². The Hall–Kier alpha value is -2.92. The van der Waals surface area contributed by atoms with Crippen molar-refractivity contribution in [3.63, 3.8) is 0 Å². The van der Waals surface area contributed by atoms with Crippen LogP contribution < -0.4 is 5.32 Å². The number of alkyl halides is 3. The predicted octanol–water partition coefficient (Wildman–Crippen LogP) is 5.00. The zero-order valence-corrected chi connectivity index (χ0v) is 19.3. The maximum Gasteiger partial charge on any atom is 0.435 e. The van der Waals surface area contributed by atoms with Gasteiger partial charge in [-0.2, -0.15) is 18.3 Å². The molecule has 2 aliphatic rings. The molecule has 2 aliphatic carbocycles. The highest BCUT2D eigenvalue weighted by atomic mass is 35.5. The van der Waals surface area contributed by atoms with Crippen molar-refractivity contribution in [2.24, 2.45) is 18.9 Å². The van der Waals surface area contributed by atoms with Gasteiger partial charge in [0.15, 0.2) is 5.69 Å². The van der Waals surface area contributed by atoms with Gasteiger partial charge in [0.2, 0.25) is 0 Å². The molecule has 2 aromatic heterocycles. The quantitative estimate of drug-likeness (QED) is 0.430. The molecule has 2 unspecified atom stereocenters. The van der Waals surface area contributed by atoms with Gasteiger partial charge in [0.05, 0.1) is 22.7 Å². The second-order valence-electron chi connectivity index (χ2n) is 9.47. The summed E-state index contributed by atoms with van der Waals surface area (Å²) in [5.74, 6) is -0.907. The van der Waals surface area contributed by atoms with Crippen LogP contribution in [0.1, 0.15) is 59.2 Å². The number of carbonyl (C=O) groups excluding carboxylic acids is 1. The fraction of sp³-hybridized carbons (Fsp3) is 0.435. The lowest BCUT2D eigenvalue weighted by atomic mass is 9.90. The van der Waals surface area contributed by atoms with Crippen molar-refractivity contribution in [3.05, 3.63) is 64.2 Å². The number of aliphatic hydroxyl groups is 1. The molecule has 7 nitrogen and oxygen atoms in total. The first-order valence-corrected chi connectivity index (χ1v) is 11.5. The third-order valence-corrected chi connectivity index (χ3v) is 7.44. The largest absolute Gasteiger partial charge is 0.435 e. The lowest BCUT2D eigenvalue weighted by Gasteiger charge is -2.23. The smallest absolute Gasteiger partial charge is 0.384 e. The Morgan fingerprint density at radius 3 is 2.54 bits per heavy atom. The van der Waals surface area contributed by atoms with E-state index in [-0.39, 0.29) is 28.5 Å². The molecule has 3 N–H and O–H groups in total. The molecule has 2 atom stereocenters. The number of H-pyrrole nitrogens is 1. The highest BCUT2D eigenvalue weighted by Gasteiger charge is 2.52. The first-order valence-electron chi connectivity index (χ1n) is 11.1. The molecule has 5 rings (SSSR count). The minimum absolute atomic E-state index is 0.0409. The highest BCUT2D eigenvalue weighted by molar-refractivity contribution is 6.31.